The van der Waals surface area contributed by atoms with Crippen LogP contribution in [0.5, 0.6) is 0 Å². The molecule has 6 heteroatoms. The topological polar surface area (TPSA) is 53.3 Å². The second-order valence-corrected chi connectivity index (χ2v) is 8.59. The van der Waals surface area contributed by atoms with Gasteiger partial charge < -0.3 is 9.64 Å². The van der Waals surface area contributed by atoms with Gasteiger partial charge in [-0.2, -0.15) is 5.26 Å². The van der Waals surface area contributed by atoms with E-state index < -0.39 is 23.0 Å². The van der Waals surface area contributed by atoms with E-state index in [4.69, 9.17) is 10.00 Å². The van der Waals surface area contributed by atoms with E-state index in [1.165, 1.54) is 0 Å². The Kier molecular flexibility index (Phi) is 4.46. The molecule has 2 fully saturated rings. The van der Waals surface area contributed by atoms with Gasteiger partial charge in [0.2, 0.25) is 5.92 Å². The van der Waals surface area contributed by atoms with Crippen molar-refractivity contribution in [3.8, 4) is 6.07 Å². The number of halogens is 2. The van der Waals surface area contributed by atoms with Crippen molar-refractivity contribution in [2.45, 2.75) is 64.0 Å². The van der Waals surface area contributed by atoms with E-state index in [0.717, 1.165) is 5.56 Å². The number of nitrogens with zero attached hydrogens (tertiary/aromatic N) is 2. The average molecular weight is 362 g/mol. The minimum Gasteiger partial charge on any atom is -0.444 e. The van der Waals surface area contributed by atoms with Crippen LogP contribution in [0.25, 0.3) is 0 Å². The Labute approximate surface area is 152 Å². The number of rotatable bonds is 1. The smallest absolute Gasteiger partial charge is 0.410 e. The molecule has 1 heterocycles. The molecule has 2 aliphatic rings. The van der Waals surface area contributed by atoms with E-state index in [9.17, 15) is 13.6 Å². The Morgan fingerprint density at radius 2 is 1.88 bits per heavy atom. The molecule has 140 valence electrons. The summed E-state index contributed by atoms with van der Waals surface area (Å²) >= 11 is 0. The van der Waals surface area contributed by atoms with Crippen molar-refractivity contribution in [1.82, 2.24) is 4.90 Å². The molecule has 0 bridgehead atoms. The Bertz CT molecular complexity index is 724. The van der Waals surface area contributed by atoms with Gasteiger partial charge in [0.25, 0.3) is 0 Å². The van der Waals surface area contributed by atoms with Crippen LogP contribution in [-0.2, 0) is 4.74 Å². The van der Waals surface area contributed by atoms with Crippen LogP contribution in [0.2, 0.25) is 0 Å². The standard InChI is InChI=1S/C20H24F2N2O2/c1-18(2,3)26-17(25)24-9-8-19(12-20(21,22)13-19)10-16(24)15-6-4-14(11-23)5-7-15/h4-7,16H,8-10,12-13H2,1-3H3/t16-/m1/s1. The summed E-state index contributed by atoms with van der Waals surface area (Å²) in [5.41, 5.74) is 0.341. The normalized spacial score (nSPS) is 23.8. The summed E-state index contributed by atoms with van der Waals surface area (Å²) < 4.78 is 32.6. The lowest BCUT2D eigenvalue weighted by Gasteiger charge is -2.54. The van der Waals surface area contributed by atoms with Crippen molar-refractivity contribution in [2.24, 2.45) is 5.41 Å². The van der Waals surface area contributed by atoms with Crippen LogP contribution in [0.1, 0.15) is 63.6 Å². The molecule has 1 amide bonds. The number of nitriles is 1. The molecular formula is C20H24F2N2O2. The van der Waals surface area contributed by atoms with E-state index in [2.05, 4.69) is 6.07 Å². The van der Waals surface area contributed by atoms with Crippen LogP contribution in [0.4, 0.5) is 13.6 Å². The zero-order valence-corrected chi connectivity index (χ0v) is 15.4. The summed E-state index contributed by atoms with van der Waals surface area (Å²) in [5, 5.41) is 8.98. The summed E-state index contributed by atoms with van der Waals surface area (Å²) in [6.45, 7) is 5.81. The number of benzene rings is 1. The summed E-state index contributed by atoms with van der Waals surface area (Å²) in [6.07, 6.45) is 0.402. The lowest BCUT2D eigenvalue weighted by Crippen LogP contribution is -2.54. The fourth-order valence-corrected chi connectivity index (χ4v) is 4.12. The number of ether oxygens (including phenoxy) is 1. The summed E-state index contributed by atoms with van der Waals surface area (Å²) in [6, 6.07) is 8.74. The molecule has 1 aromatic rings. The van der Waals surface area contributed by atoms with E-state index in [1.54, 1.807) is 49.9 Å². The van der Waals surface area contributed by atoms with Crippen LogP contribution in [0, 0.1) is 16.7 Å². The lowest BCUT2D eigenvalue weighted by atomic mass is 9.59. The van der Waals surface area contributed by atoms with Crippen LogP contribution >= 0.6 is 0 Å². The number of likely N-dealkylation sites (tertiary alicyclic amines) is 1. The Morgan fingerprint density at radius 1 is 1.27 bits per heavy atom. The highest BCUT2D eigenvalue weighted by Gasteiger charge is 2.59. The molecule has 4 nitrogen and oxygen atoms in total. The molecule has 0 radical (unpaired) electrons. The molecule has 1 saturated carbocycles. The van der Waals surface area contributed by atoms with Crippen LogP contribution < -0.4 is 0 Å². The maximum atomic E-state index is 13.5. The first-order valence-corrected chi connectivity index (χ1v) is 8.90. The zero-order chi connectivity index (χ0) is 19.2. The van der Waals surface area contributed by atoms with Crippen molar-refractivity contribution < 1.29 is 18.3 Å². The van der Waals surface area contributed by atoms with Gasteiger partial charge in [-0.3, -0.25) is 0 Å². The predicted molar refractivity (Wildman–Crippen MR) is 92.7 cm³/mol. The van der Waals surface area contributed by atoms with Gasteiger partial charge in [0, 0.05) is 19.4 Å². The summed E-state index contributed by atoms with van der Waals surface area (Å²) in [4.78, 5) is 14.3. The third-order valence-electron chi connectivity index (χ3n) is 5.21. The largest absolute Gasteiger partial charge is 0.444 e. The molecule has 1 aliphatic heterocycles. The average Bonchev–Trinajstić information content (AvgIpc) is 2.51. The van der Waals surface area contributed by atoms with Crippen molar-refractivity contribution in [1.29, 1.82) is 5.26 Å². The third-order valence-corrected chi connectivity index (χ3v) is 5.21. The first-order valence-electron chi connectivity index (χ1n) is 8.90. The number of carbonyl (C=O) groups excluding carboxylic acids is 1. The molecule has 1 aliphatic carbocycles. The van der Waals surface area contributed by atoms with Gasteiger partial charge in [-0.15, -0.1) is 0 Å². The number of hydrogen-bond acceptors (Lipinski definition) is 3. The summed E-state index contributed by atoms with van der Waals surface area (Å²) in [7, 11) is 0. The van der Waals surface area contributed by atoms with Crippen molar-refractivity contribution in [2.75, 3.05) is 6.54 Å². The highest BCUT2D eigenvalue weighted by atomic mass is 19.3. The molecule has 26 heavy (non-hydrogen) atoms. The molecule has 1 spiro atoms. The molecule has 0 aromatic heterocycles. The molecule has 1 atom stereocenters. The lowest BCUT2D eigenvalue weighted by molar-refractivity contribution is -0.183. The highest BCUT2D eigenvalue weighted by Crippen LogP contribution is 2.60. The van der Waals surface area contributed by atoms with Gasteiger partial charge in [-0.05, 0) is 56.7 Å². The minimum atomic E-state index is -2.59. The SMILES string of the molecule is CC(C)(C)OC(=O)N1CCC2(C[C@@H]1c1ccc(C#N)cc1)CC(F)(F)C2. The maximum absolute atomic E-state index is 13.5. The van der Waals surface area contributed by atoms with E-state index in [-0.39, 0.29) is 18.9 Å². The maximum Gasteiger partial charge on any atom is 0.410 e. The predicted octanol–water partition coefficient (Wildman–Crippen LogP) is 5.05. The minimum absolute atomic E-state index is 0.116. The number of alkyl halides is 2. The van der Waals surface area contributed by atoms with E-state index in [1.807, 2.05) is 0 Å². The molecule has 3 rings (SSSR count). The van der Waals surface area contributed by atoms with Gasteiger partial charge in [0.1, 0.15) is 5.60 Å². The van der Waals surface area contributed by atoms with E-state index >= 15 is 0 Å². The fraction of sp³-hybridized carbons (Fsp3) is 0.600. The molecule has 1 aromatic carbocycles. The fourth-order valence-electron chi connectivity index (χ4n) is 4.12. The van der Waals surface area contributed by atoms with Crippen molar-refractivity contribution in [3.63, 3.8) is 0 Å². The van der Waals surface area contributed by atoms with Gasteiger partial charge >= 0.3 is 6.09 Å². The molecule has 0 unspecified atom stereocenters. The number of carbonyl (C=O) groups is 1. The van der Waals surface area contributed by atoms with Gasteiger partial charge in [0.15, 0.2) is 0 Å². The quantitative estimate of drug-likeness (QED) is 0.703. The third kappa shape index (κ3) is 3.82. The Balaban J connectivity index is 1.86. The van der Waals surface area contributed by atoms with Crippen molar-refractivity contribution >= 4 is 6.09 Å². The van der Waals surface area contributed by atoms with Crippen LogP contribution in [-0.4, -0.2) is 29.1 Å². The summed E-state index contributed by atoms with van der Waals surface area (Å²) in [5.74, 6) is -2.59. The number of hydrogen-bond donors (Lipinski definition) is 0. The van der Waals surface area contributed by atoms with E-state index in [0.29, 0.717) is 24.9 Å². The van der Waals surface area contributed by atoms with Crippen LogP contribution in [0.3, 0.4) is 0 Å². The molecule has 0 N–H and O–H groups in total. The highest BCUT2D eigenvalue weighted by molar-refractivity contribution is 5.69. The first-order chi connectivity index (χ1) is 12.0. The van der Waals surface area contributed by atoms with Gasteiger partial charge in [-0.25, -0.2) is 13.6 Å². The molecular weight excluding hydrogens is 338 g/mol. The monoisotopic (exact) mass is 362 g/mol. The van der Waals surface area contributed by atoms with Crippen LogP contribution in [0.15, 0.2) is 24.3 Å². The Hall–Kier alpha value is -2.16. The second kappa shape index (κ2) is 6.22. The van der Waals surface area contributed by atoms with Gasteiger partial charge in [0.05, 0.1) is 17.7 Å². The van der Waals surface area contributed by atoms with Crippen molar-refractivity contribution in [3.05, 3.63) is 35.4 Å². The van der Waals surface area contributed by atoms with Gasteiger partial charge in [-0.1, -0.05) is 12.1 Å². The Morgan fingerprint density at radius 3 is 2.38 bits per heavy atom. The first kappa shape index (κ1) is 18.6. The number of piperidine rings is 1. The molecule has 1 saturated heterocycles. The zero-order valence-electron chi connectivity index (χ0n) is 15.4. The number of amides is 1. The second-order valence-electron chi connectivity index (χ2n) is 8.59.